The highest BCUT2D eigenvalue weighted by atomic mass is 16.1. The van der Waals surface area contributed by atoms with Gasteiger partial charge in [-0.25, -0.2) is 0 Å². The third-order valence-electron chi connectivity index (χ3n) is 7.70. The molecule has 1 heteroatoms. The zero-order valence-electron chi connectivity index (χ0n) is 22.7. The molecule has 0 fully saturated rings. The first-order chi connectivity index (χ1) is 17.2. The van der Waals surface area contributed by atoms with Crippen molar-refractivity contribution < 1.29 is 4.79 Å². The van der Waals surface area contributed by atoms with Crippen molar-refractivity contribution in [1.29, 1.82) is 0 Å². The van der Waals surface area contributed by atoms with E-state index in [1.807, 2.05) is 0 Å². The summed E-state index contributed by atoms with van der Waals surface area (Å²) < 4.78 is 0. The van der Waals surface area contributed by atoms with Crippen LogP contribution in [-0.4, -0.2) is 5.78 Å². The van der Waals surface area contributed by atoms with Crippen LogP contribution in [0.2, 0.25) is 0 Å². The number of rotatable bonds is 14. The molecule has 0 spiro atoms. The fourth-order valence-corrected chi connectivity index (χ4v) is 5.87. The molecule has 0 atom stereocenters. The number of carbonyl (C=O) groups is 1. The van der Waals surface area contributed by atoms with Crippen LogP contribution in [0.15, 0.2) is 83.0 Å². The van der Waals surface area contributed by atoms with Crippen LogP contribution in [0, 0.1) is 0 Å². The van der Waals surface area contributed by atoms with Gasteiger partial charge in [-0.2, -0.15) is 0 Å². The number of hydrogen-bond acceptors (Lipinski definition) is 1. The molecule has 0 radical (unpaired) electrons. The summed E-state index contributed by atoms with van der Waals surface area (Å²) in [6.07, 6.45) is 13.1. The van der Waals surface area contributed by atoms with E-state index < -0.39 is 5.41 Å². The second kappa shape index (κ2) is 13.6. The standard InChI is InChI=1S/C34H46O/c1-5-9-23-29-30(24-10-6-2)32(26-12-8-4)34(27-19-15-13-16-20-27,28-21-17-14-18-22-28)33(35)31(29)25-11-7-3/h13-22H,5-12,23-26H2,1-4H3. The van der Waals surface area contributed by atoms with Crippen molar-refractivity contribution in [3.8, 4) is 0 Å². The van der Waals surface area contributed by atoms with Crippen LogP contribution < -0.4 is 0 Å². The van der Waals surface area contributed by atoms with Crippen molar-refractivity contribution in [3.63, 3.8) is 0 Å². The second-order valence-corrected chi connectivity index (χ2v) is 10.1. The fourth-order valence-electron chi connectivity index (χ4n) is 5.87. The summed E-state index contributed by atoms with van der Waals surface area (Å²) in [5, 5.41) is 0. The summed E-state index contributed by atoms with van der Waals surface area (Å²) in [6.45, 7) is 9.06. The number of carbonyl (C=O) groups excluding carboxylic acids is 1. The molecule has 1 aliphatic carbocycles. The van der Waals surface area contributed by atoms with Gasteiger partial charge < -0.3 is 0 Å². The van der Waals surface area contributed by atoms with E-state index in [0.29, 0.717) is 5.78 Å². The van der Waals surface area contributed by atoms with Crippen LogP contribution in [0.25, 0.3) is 0 Å². The maximum atomic E-state index is 15.0. The predicted molar refractivity (Wildman–Crippen MR) is 151 cm³/mol. The van der Waals surface area contributed by atoms with Gasteiger partial charge in [0.15, 0.2) is 5.78 Å². The number of allylic oxidation sites excluding steroid dienone is 4. The molecule has 3 rings (SSSR count). The van der Waals surface area contributed by atoms with Gasteiger partial charge in [-0.3, -0.25) is 4.79 Å². The maximum Gasteiger partial charge on any atom is 0.178 e. The van der Waals surface area contributed by atoms with E-state index in [2.05, 4.69) is 88.4 Å². The summed E-state index contributed by atoms with van der Waals surface area (Å²) in [7, 11) is 0. The highest BCUT2D eigenvalue weighted by Gasteiger charge is 2.50. The summed E-state index contributed by atoms with van der Waals surface area (Å²) >= 11 is 0. The van der Waals surface area contributed by atoms with Crippen LogP contribution in [0.5, 0.6) is 0 Å². The number of unbranched alkanes of at least 4 members (excludes halogenated alkanes) is 4. The molecule has 0 heterocycles. The van der Waals surface area contributed by atoms with Gasteiger partial charge in [-0.1, -0.05) is 114 Å². The highest BCUT2D eigenvalue weighted by Crippen LogP contribution is 2.52. The van der Waals surface area contributed by atoms with Gasteiger partial charge in [-0.15, -0.1) is 0 Å². The highest BCUT2D eigenvalue weighted by molar-refractivity contribution is 6.11. The average Bonchev–Trinajstić information content (AvgIpc) is 2.90. The zero-order chi connectivity index (χ0) is 25.1. The first-order valence-corrected chi connectivity index (χ1v) is 14.3. The third kappa shape index (κ3) is 5.71. The minimum atomic E-state index is -0.709. The van der Waals surface area contributed by atoms with E-state index in [1.54, 1.807) is 0 Å². The Morgan fingerprint density at radius 1 is 0.514 bits per heavy atom. The van der Waals surface area contributed by atoms with Gasteiger partial charge in [0, 0.05) is 5.57 Å². The van der Waals surface area contributed by atoms with Gasteiger partial charge in [0.05, 0.1) is 0 Å². The summed E-state index contributed by atoms with van der Waals surface area (Å²) in [5.41, 5.74) is 7.01. The minimum absolute atomic E-state index is 0.348. The molecule has 0 unspecified atom stereocenters. The van der Waals surface area contributed by atoms with Gasteiger partial charge in [0.2, 0.25) is 0 Å². The van der Waals surface area contributed by atoms with Gasteiger partial charge in [-0.05, 0) is 79.2 Å². The van der Waals surface area contributed by atoms with Crippen LogP contribution in [0.3, 0.4) is 0 Å². The Bertz CT molecular complexity index is 954. The van der Waals surface area contributed by atoms with Crippen LogP contribution in [0.1, 0.15) is 116 Å². The van der Waals surface area contributed by atoms with Gasteiger partial charge in [0.25, 0.3) is 0 Å². The van der Waals surface area contributed by atoms with E-state index in [0.717, 1.165) is 80.9 Å². The SMILES string of the molecule is CCCCC1=C(CCCC)C(CCCC)=C(CCCC)C(c2ccccc2)(c2ccccc2)C1=O. The molecule has 2 aromatic rings. The Labute approximate surface area is 214 Å². The monoisotopic (exact) mass is 470 g/mol. The molecule has 1 aliphatic rings. The molecule has 0 aromatic heterocycles. The molecular formula is C34H46O. The predicted octanol–water partition coefficient (Wildman–Crippen LogP) is 9.91. The maximum absolute atomic E-state index is 15.0. The second-order valence-electron chi connectivity index (χ2n) is 10.1. The van der Waals surface area contributed by atoms with E-state index in [1.165, 1.54) is 29.6 Å². The zero-order valence-corrected chi connectivity index (χ0v) is 22.7. The van der Waals surface area contributed by atoms with E-state index in [4.69, 9.17) is 0 Å². The summed E-state index contributed by atoms with van der Waals surface area (Å²) in [4.78, 5) is 15.0. The number of benzene rings is 2. The van der Waals surface area contributed by atoms with Crippen LogP contribution >= 0.6 is 0 Å². The quantitative estimate of drug-likeness (QED) is 0.268. The van der Waals surface area contributed by atoms with Crippen molar-refractivity contribution in [2.45, 2.75) is 110 Å². The van der Waals surface area contributed by atoms with E-state index >= 15 is 4.79 Å². The molecule has 1 nitrogen and oxygen atoms in total. The van der Waals surface area contributed by atoms with Crippen molar-refractivity contribution >= 4 is 5.78 Å². The third-order valence-corrected chi connectivity index (χ3v) is 7.70. The van der Waals surface area contributed by atoms with Gasteiger partial charge >= 0.3 is 0 Å². The van der Waals surface area contributed by atoms with E-state index in [-0.39, 0.29) is 0 Å². The Morgan fingerprint density at radius 3 is 1.37 bits per heavy atom. The molecule has 0 amide bonds. The molecular weight excluding hydrogens is 424 g/mol. The Balaban J connectivity index is 2.43. The van der Waals surface area contributed by atoms with E-state index in [9.17, 15) is 0 Å². The van der Waals surface area contributed by atoms with Crippen molar-refractivity contribution in [2.75, 3.05) is 0 Å². The average molecular weight is 471 g/mol. The molecule has 0 saturated carbocycles. The molecule has 0 bridgehead atoms. The molecule has 2 aromatic carbocycles. The fraction of sp³-hybridized carbons (Fsp3) is 0.500. The topological polar surface area (TPSA) is 17.1 Å². The van der Waals surface area contributed by atoms with Crippen LogP contribution in [-0.2, 0) is 10.2 Å². The van der Waals surface area contributed by atoms with Crippen LogP contribution in [0.4, 0.5) is 0 Å². The van der Waals surface area contributed by atoms with Crippen molar-refractivity contribution in [1.82, 2.24) is 0 Å². The lowest BCUT2D eigenvalue weighted by Crippen LogP contribution is -2.44. The molecule has 35 heavy (non-hydrogen) atoms. The lowest BCUT2D eigenvalue weighted by Gasteiger charge is -2.43. The molecule has 0 aliphatic heterocycles. The normalized spacial score (nSPS) is 15.7. The Morgan fingerprint density at radius 2 is 0.914 bits per heavy atom. The molecule has 0 N–H and O–H groups in total. The first kappa shape index (κ1) is 27.2. The van der Waals surface area contributed by atoms with Crippen molar-refractivity contribution in [3.05, 3.63) is 94.1 Å². The Hall–Kier alpha value is -2.41. The smallest absolute Gasteiger partial charge is 0.178 e. The minimum Gasteiger partial charge on any atom is -0.293 e. The first-order valence-electron chi connectivity index (χ1n) is 14.3. The Kier molecular flexibility index (Phi) is 10.6. The summed E-state index contributed by atoms with van der Waals surface area (Å²) in [5.74, 6) is 0.348. The number of ketones is 1. The lowest BCUT2D eigenvalue weighted by atomic mass is 9.57. The summed E-state index contributed by atoms with van der Waals surface area (Å²) in [6, 6.07) is 21.4. The lowest BCUT2D eigenvalue weighted by molar-refractivity contribution is -0.119. The number of hydrogen-bond donors (Lipinski definition) is 0. The number of Topliss-reactive ketones (excluding diaryl/α,β-unsaturated/α-hetero) is 1. The largest absolute Gasteiger partial charge is 0.293 e. The molecule has 0 saturated heterocycles. The van der Waals surface area contributed by atoms with Crippen molar-refractivity contribution in [2.24, 2.45) is 0 Å². The molecule has 188 valence electrons. The van der Waals surface area contributed by atoms with Gasteiger partial charge in [0.1, 0.15) is 5.41 Å².